The van der Waals surface area contributed by atoms with Crippen LogP contribution < -0.4 is 10.6 Å². The zero-order valence-electron chi connectivity index (χ0n) is 10.9. The third-order valence-corrected chi connectivity index (χ3v) is 2.73. The van der Waals surface area contributed by atoms with Gasteiger partial charge in [0.1, 0.15) is 0 Å². The van der Waals surface area contributed by atoms with E-state index < -0.39 is 17.7 Å². The fourth-order valence-corrected chi connectivity index (χ4v) is 1.50. The van der Waals surface area contributed by atoms with Gasteiger partial charge in [-0.15, -0.1) is 0 Å². The maximum atomic E-state index is 13.1. The predicted molar refractivity (Wildman–Crippen MR) is 67.9 cm³/mol. The van der Waals surface area contributed by atoms with Crippen LogP contribution in [0.25, 0.3) is 0 Å². The van der Waals surface area contributed by atoms with Crippen LogP contribution in [0.5, 0.6) is 0 Å². The van der Waals surface area contributed by atoms with E-state index in [1.165, 1.54) is 6.07 Å². The largest absolute Gasteiger partial charge is 0.394 e. The summed E-state index contributed by atoms with van der Waals surface area (Å²) < 4.78 is 25.8. The monoisotopic (exact) mass is 272 g/mol. The van der Waals surface area contributed by atoms with Crippen LogP contribution in [0.1, 0.15) is 25.3 Å². The summed E-state index contributed by atoms with van der Waals surface area (Å²) in [7, 11) is 0. The van der Waals surface area contributed by atoms with Crippen LogP contribution in [0, 0.1) is 11.6 Å². The number of urea groups is 1. The molecule has 4 nitrogen and oxygen atoms in total. The molecule has 0 heterocycles. The average molecular weight is 272 g/mol. The predicted octanol–water partition coefficient (Wildman–Crippen LogP) is 1.75. The van der Waals surface area contributed by atoms with E-state index in [4.69, 9.17) is 5.11 Å². The van der Waals surface area contributed by atoms with Gasteiger partial charge in [0.15, 0.2) is 11.6 Å². The van der Waals surface area contributed by atoms with Crippen molar-refractivity contribution in [3.05, 3.63) is 35.4 Å². The Kier molecular flexibility index (Phi) is 5.69. The zero-order chi connectivity index (χ0) is 14.4. The first kappa shape index (κ1) is 15.4. The SMILES string of the molecule is CC(CO)NC(=O)NCC(C)c1ccc(F)c(F)c1. The van der Waals surface area contributed by atoms with Gasteiger partial charge in [0.25, 0.3) is 0 Å². The van der Waals surface area contributed by atoms with Crippen LogP contribution in [-0.2, 0) is 0 Å². The molecule has 3 N–H and O–H groups in total. The Balaban J connectivity index is 2.48. The number of nitrogens with one attached hydrogen (secondary N) is 2. The van der Waals surface area contributed by atoms with Gasteiger partial charge >= 0.3 is 6.03 Å². The second-order valence-electron chi connectivity index (χ2n) is 4.51. The van der Waals surface area contributed by atoms with Crippen molar-refractivity contribution >= 4 is 6.03 Å². The van der Waals surface area contributed by atoms with Crippen molar-refractivity contribution in [3.63, 3.8) is 0 Å². The molecular weight excluding hydrogens is 254 g/mol. The summed E-state index contributed by atoms with van der Waals surface area (Å²) in [5, 5.41) is 13.9. The number of carbonyl (C=O) groups excluding carboxylic acids is 1. The highest BCUT2D eigenvalue weighted by molar-refractivity contribution is 5.74. The van der Waals surface area contributed by atoms with E-state index in [2.05, 4.69) is 10.6 Å². The van der Waals surface area contributed by atoms with E-state index in [1.54, 1.807) is 13.8 Å². The molecule has 0 radical (unpaired) electrons. The van der Waals surface area contributed by atoms with Gasteiger partial charge < -0.3 is 15.7 Å². The summed E-state index contributed by atoms with van der Waals surface area (Å²) in [6.45, 7) is 3.60. The lowest BCUT2D eigenvalue weighted by molar-refractivity contribution is 0.220. The number of rotatable bonds is 5. The van der Waals surface area contributed by atoms with Gasteiger partial charge in [-0.25, -0.2) is 13.6 Å². The maximum Gasteiger partial charge on any atom is 0.315 e. The molecule has 19 heavy (non-hydrogen) atoms. The summed E-state index contributed by atoms with van der Waals surface area (Å²) in [4.78, 5) is 11.4. The minimum atomic E-state index is -0.900. The molecule has 2 atom stereocenters. The molecular formula is C13H18F2N2O2. The second kappa shape index (κ2) is 7.04. The van der Waals surface area contributed by atoms with E-state index in [-0.39, 0.29) is 25.1 Å². The van der Waals surface area contributed by atoms with Crippen LogP contribution in [0.15, 0.2) is 18.2 Å². The van der Waals surface area contributed by atoms with Gasteiger partial charge in [0, 0.05) is 6.54 Å². The van der Waals surface area contributed by atoms with E-state index in [1.807, 2.05) is 0 Å². The van der Waals surface area contributed by atoms with Gasteiger partial charge in [0.05, 0.1) is 12.6 Å². The molecule has 0 aliphatic carbocycles. The highest BCUT2D eigenvalue weighted by atomic mass is 19.2. The molecule has 0 fully saturated rings. The number of amides is 2. The van der Waals surface area contributed by atoms with Gasteiger partial charge in [-0.05, 0) is 30.5 Å². The normalized spacial score (nSPS) is 13.7. The molecule has 1 aromatic carbocycles. The minimum absolute atomic E-state index is 0.147. The van der Waals surface area contributed by atoms with Gasteiger partial charge in [0.2, 0.25) is 0 Å². The summed E-state index contributed by atoms with van der Waals surface area (Å²) in [5.41, 5.74) is 0.606. The van der Waals surface area contributed by atoms with Crippen molar-refractivity contribution in [1.29, 1.82) is 0 Å². The fourth-order valence-electron chi connectivity index (χ4n) is 1.50. The second-order valence-corrected chi connectivity index (χ2v) is 4.51. The van der Waals surface area contributed by atoms with E-state index in [9.17, 15) is 13.6 Å². The number of aliphatic hydroxyl groups is 1. The molecule has 0 aromatic heterocycles. The van der Waals surface area contributed by atoms with Crippen LogP contribution in [-0.4, -0.2) is 30.3 Å². The topological polar surface area (TPSA) is 61.4 Å². The first-order chi connectivity index (χ1) is 8.93. The lowest BCUT2D eigenvalue weighted by Gasteiger charge is -2.16. The molecule has 0 spiro atoms. The highest BCUT2D eigenvalue weighted by Gasteiger charge is 2.11. The van der Waals surface area contributed by atoms with Gasteiger partial charge in [-0.2, -0.15) is 0 Å². The summed E-state index contributed by atoms with van der Waals surface area (Å²) in [5.74, 6) is -1.94. The number of halogens is 2. The Morgan fingerprint density at radius 3 is 2.58 bits per heavy atom. The Labute approximate surface area is 110 Å². The number of carbonyl (C=O) groups is 1. The molecule has 1 rings (SSSR count). The van der Waals surface area contributed by atoms with Crippen molar-refractivity contribution < 1.29 is 18.7 Å². The van der Waals surface area contributed by atoms with Crippen molar-refractivity contribution in [2.24, 2.45) is 0 Å². The summed E-state index contributed by atoms with van der Waals surface area (Å²) in [6, 6.07) is 2.93. The van der Waals surface area contributed by atoms with Crippen LogP contribution in [0.4, 0.5) is 13.6 Å². The Hall–Kier alpha value is -1.69. The first-order valence-corrected chi connectivity index (χ1v) is 6.04. The van der Waals surface area contributed by atoms with Crippen molar-refractivity contribution in [2.75, 3.05) is 13.2 Å². The highest BCUT2D eigenvalue weighted by Crippen LogP contribution is 2.17. The quantitative estimate of drug-likeness (QED) is 0.764. The van der Waals surface area contributed by atoms with Crippen molar-refractivity contribution in [3.8, 4) is 0 Å². The van der Waals surface area contributed by atoms with Gasteiger partial charge in [-0.3, -0.25) is 0 Å². The lowest BCUT2D eigenvalue weighted by atomic mass is 10.0. The molecule has 106 valence electrons. The number of hydrogen-bond acceptors (Lipinski definition) is 2. The molecule has 0 bridgehead atoms. The van der Waals surface area contributed by atoms with E-state index in [0.29, 0.717) is 5.56 Å². The third kappa shape index (κ3) is 4.82. The molecule has 2 unspecified atom stereocenters. The first-order valence-electron chi connectivity index (χ1n) is 6.04. The summed E-state index contributed by atoms with van der Waals surface area (Å²) >= 11 is 0. The smallest absolute Gasteiger partial charge is 0.315 e. The Bertz CT molecular complexity index is 441. The molecule has 0 aliphatic heterocycles. The number of hydrogen-bond donors (Lipinski definition) is 3. The molecule has 0 saturated carbocycles. The average Bonchev–Trinajstić information content (AvgIpc) is 2.39. The zero-order valence-corrected chi connectivity index (χ0v) is 10.9. The Morgan fingerprint density at radius 1 is 1.32 bits per heavy atom. The number of benzene rings is 1. The lowest BCUT2D eigenvalue weighted by Crippen LogP contribution is -2.43. The Morgan fingerprint density at radius 2 is 2.00 bits per heavy atom. The van der Waals surface area contributed by atoms with Crippen LogP contribution >= 0.6 is 0 Å². The number of aliphatic hydroxyl groups excluding tert-OH is 1. The van der Waals surface area contributed by atoms with Crippen molar-refractivity contribution in [2.45, 2.75) is 25.8 Å². The van der Waals surface area contributed by atoms with Gasteiger partial charge in [-0.1, -0.05) is 13.0 Å². The van der Waals surface area contributed by atoms with Crippen LogP contribution in [0.3, 0.4) is 0 Å². The standard InChI is InChI=1S/C13H18F2N2O2/c1-8(6-16-13(19)17-9(2)7-18)10-3-4-11(14)12(15)5-10/h3-5,8-9,18H,6-7H2,1-2H3,(H2,16,17,19). The van der Waals surface area contributed by atoms with E-state index >= 15 is 0 Å². The summed E-state index contributed by atoms with van der Waals surface area (Å²) in [6.07, 6.45) is 0. The van der Waals surface area contributed by atoms with Crippen molar-refractivity contribution in [1.82, 2.24) is 10.6 Å². The molecule has 6 heteroatoms. The van der Waals surface area contributed by atoms with E-state index in [0.717, 1.165) is 12.1 Å². The third-order valence-electron chi connectivity index (χ3n) is 2.73. The van der Waals surface area contributed by atoms with Crippen LogP contribution in [0.2, 0.25) is 0 Å². The minimum Gasteiger partial charge on any atom is -0.394 e. The molecule has 1 aromatic rings. The molecule has 0 saturated heterocycles. The fraction of sp³-hybridized carbons (Fsp3) is 0.462. The molecule has 2 amide bonds. The molecule has 0 aliphatic rings. The maximum absolute atomic E-state index is 13.1.